The minimum absolute atomic E-state index is 0.0730. The highest BCUT2D eigenvalue weighted by molar-refractivity contribution is 5.90. The van der Waals surface area contributed by atoms with Crippen molar-refractivity contribution in [1.82, 2.24) is 9.80 Å². The van der Waals surface area contributed by atoms with Gasteiger partial charge in [0.2, 0.25) is 0 Å². The van der Waals surface area contributed by atoms with E-state index in [-0.39, 0.29) is 5.54 Å². The summed E-state index contributed by atoms with van der Waals surface area (Å²) >= 11 is 0. The van der Waals surface area contributed by atoms with Gasteiger partial charge in [-0.3, -0.25) is 4.90 Å². The van der Waals surface area contributed by atoms with Crippen LogP contribution < -0.4 is 0 Å². The molecule has 124 valence electrons. The molecule has 0 saturated heterocycles. The first-order chi connectivity index (χ1) is 11.5. The van der Waals surface area contributed by atoms with Crippen LogP contribution in [0.1, 0.15) is 12.0 Å². The van der Waals surface area contributed by atoms with Gasteiger partial charge in [-0.25, -0.2) is 0 Å². The second kappa shape index (κ2) is 6.66. The highest BCUT2D eigenvalue weighted by Crippen LogP contribution is 2.29. The van der Waals surface area contributed by atoms with Crippen molar-refractivity contribution in [3.8, 4) is 0 Å². The molecular weight excluding hydrogens is 292 g/mol. The molecule has 2 heteroatoms. The first-order valence-electron chi connectivity index (χ1n) is 8.43. The summed E-state index contributed by atoms with van der Waals surface area (Å²) in [6.07, 6.45) is 12.4. The van der Waals surface area contributed by atoms with E-state index in [9.17, 15) is 0 Å². The van der Waals surface area contributed by atoms with E-state index >= 15 is 0 Å². The predicted octanol–water partition coefficient (Wildman–Crippen LogP) is 4.56. The smallest absolute Gasteiger partial charge is 0.0613 e. The van der Waals surface area contributed by atoms with Crippen LogP contribution in [0.4, 0.5) is 0 Å². The monoisotopic (exact) mass is 318 g/mol. The molecule has 0 saturated carbocycles. The number of likely N-dealkylation sites (N-methyl/N-ethyl adjacent to an activating group) is 2. The molecule has 0 fully saturated rings. The van der Waals surface area contributed by atoms with Crippen LogP contribution in [-0.4, -0.2) is 43.5 Å². The van der Waals surface area contributed by atoms with Crippen LogP contribution in [0.15, 0.2) is 72.5 Å². The van der Waals surface area contributed by atoms with Crippen LogP contribution in [-0.2, 0) is 0 Å². The zero-order valence-corrected chi connectivity index (χ0v) is 15.0. The van der Waals surface area contributed by atoms with E-state index < -0.39 is 0 Å². The zero-order valence-electron chi connectivity index (χ0n) is 15.0. The Hall–Kier alpha value is -2.32. The van der Waals surface area contributed by atoms with E-state index in [4.69, 9.17) is 0 Å². The van der Waals surface area contributed by atoms with Gasteiger partial charge in [-0.1, -0.05) is 66.8 Å². The van der Waals surface area contributed by atoms with E-state index in [2.05, 4.69) is 111 Å². The summed E-state index contributed by atoms with van der Waals surface area (Å²) in [6.45, 7) is 0. The lowest BCUT2D eigenvalue weighted by molar-refractivity contribution is 0.261. The van der Waals surface area contributed by atoms with Crippen molar-refractivity contribution < 1.29 is 0 Å². The van der Waals surface area contributed by atoms with Gasteiger partial charge in [0.25, 0.3) is 0 Å². The van der Waals surface area contributed by atoms with E-state index in [0.29, 0.717) is 0 Å². The fourth-order valence-corrected chi connectivity index (χ4v) is 3.20. The fourth-order valence-electron chi connectivity index (χ4n) is 3.20. The van der Waals surface area contributed by atoms with Gasteiger partial charge in [0.1, 0.15) is 0 Å². The summed E-state index contributed by atoms with van der Waals surface area (Å²) < 4.78 is 0. The first kappa shape index (κ1) is 16.5. The fraction of sp³-hybridized carbons (Fsp3) is 0.273. The summed E-state index contributed by atoms with van der Waals surface area (Å²) in [5, 5.41) is 2.59. The maximum Gasteiger partial charge on any atom is 0.0613 e. The van der Waals surface area contributed by atoms with Crippen molar-refractivity contribution in [2.45, 2.75) is 12.0 Å². The minimum Gasteiger partial charge on any atom is -0.378 e. The maximum absolute atomic E-state index is 2.33. The Balaban J connectivity index is 1.95. The van der Waals surface area contributed by atoms with Gasteiger partial charge in [-0.2, -0.15) is 0 Å². The second-order valence-corrected chi connectivity index (χ2v) is 6.85. The molecule has 0 bridgehead atoms. The molecule has 2 aromatic rings. The molecule has 24 heavy (non-hydrogen) atoms. The summed E-state index contributed by atoms with van der Waals surface area (Å²) in [6, 6.07) is 15.0. The molecule has 2 nitrogen and oxygen atoms in total. The van der Waals surface area contributed by atoms with Crippen molar-refractivity contribution in [3.05, 3.63) is 78.0 Å². The van der Waals surface area contributed by atoms with Crippen LogP contribution >= 0.6 is 0 Å². The number of rotatable bonds is 4. The molecule has 1 unspecified atom stereocenters. The van der Waals surface area contributed by atoms with Gasteiger partial charge in [-0.05, 0) is 42.9 Å². The van der Waals surface area contributed by atoms with Gasteiger partial charge in [0, 0.05) is 19.8 Å². The zero-order chi connectivity index (χ0) is 17.2. The van der Waals surface area contributed by atoms with Crippen LogP contribution in [0.3, 0.4) is 0 Å². The topological polar surface area (TPSA) is 6.48 Å². The van der Waals surface area contributed by atoms with Crippen LogP contribution in [0, 0.1) is 0 Å². The van der Waals surface area contributed by atoms with Crippen LogP contribution in [0.25, 0.3) is 16.8 Å². The number of allylic oxidation sites excluding steroid dienone is 1. The molecule has 0 heterocycles. The van der Waals surface area contributed by atoms with E-state index in [1.165, 1.54) is 22.0 Å². The van der Waals surface area contributed by atoms with Gasteiger partial charge < -0.3 is 4.90 Å². The maximum atomic E-state index is 2.33. The third kappa shape index (κ3) is 3.15. The molecule has 1 atom stereocenters. The Labute approximate surface area is 145 Å². The molecular formula is C22H26N2. The molecule has 1 aliphatic carbocycles. The lowest BCUT2D eigenvalue weighted by Crippen LogP contribution is -2.41. The molecule has 0 radical (unpaired) electrons. The Morgan fingerprint density at radius 3 is 2.38 bits per heavy atom. The average molecular weight is 318 g/mol. The quantitative estimate of drug-likeness (QED) is 0.815. The third-order valence-corrected chi connectivity index (χ3v) is 4.90. The van der Waals surface area contributed by atoms with E-state index in [1.807, 2.05) is 0 Å². The second-order valence-electron chi connectivity index (χ2n) is 6.85. The summed E-state index contributed by atoms with van der Waals surface area (Å²) in [5.41, 5.74) is 2.47. The largest absolute Gasteiger partial charge is 0.378 e. The van der Waals surface area contributed by atoms with Crippen molar-refractivity contribution >= 4 is 16.8 Å². The standard InChI is InChI=1S/C22H26N2/c1-23(2)20-13-16-22(17-14-20,24(3)4)15-12-19-10-7-9-18-8-5-6-11-21(18)19/h5-16H,17H2,1-4H3/b15-12+. The summed E-state index contributed by atoms with van der Waals surface area (Å²) in [7, 11) is 8.47. The van der Waals surface area contributed by atoms with Crippen molar-refractivity contribution in [1.29, 1.82) is 0 Å². The van der Waals surface area contributed by atoms with E-state index in [1.54, 1.807) is 0 Å². The Bertz CT molecular complexity index is 806. The van der Waals surface area contributed by atoms with Gasteiger partial charge in [0.05, 0.1) is 5.54 Å². The highest BCUT2D eigenvalue weighted by atomic mass is 15.1. The third-order valence-electron chi connectivity index (χ3n) is 4.90. The molecule has 0 aromatic heterocycles. The average Bonchev–Trinajstić information content (AvgIpc) is 2.60. The predicted molar refractivity (Wildman–Crippen MR) is 105 cm³/mol. The Morgan fingerprint density at radius 2 is 1.71 bits per heavy atom. The molecule has 3 rings (SSSR count). The number of nitrogens with zero attached hydrogens (tertiary/aromatic N) is 2. The van der Waals surface area contributed by atoms with Gasteiger partial charge >= 0.3 is 0 Å². The number of hydrogen-bond acceptors (Lipinski definition) is 2. The van der Waals surface area contributed by atoms with Crippen molar-refractivity contribution in [3.63, 3.8) is 0 Å². The molecule has 0 N–H and O–H groups in total. The summed E-state index contributed by atoms with van der Waals surface area (Å²) in [4.78, 5) is 4.44. The van der Waals surface area contributed by atoms with Crippen molar-refractivity contribution in [2.24, 2.45) is 0 Å². The Kier molecular flexibility index (Phi) is 4.59. The number of benzene rings is 2. The summed E-state index contributed by atoms with van der Waals surface area (Å²) in [5.74, 6) is 0. The van der Waals surface area contributed by atoms with Crippen LogP contribution in [0.5, 0.6) is 0 Å². The van der Waals surface area contributed by atoms with Gasteiger partial charge in [0.15, 0.2) is 0 Å². The molecule has 0 spiro atoms. The molecule has 0 amide bonds. The molecule has 2 aromatic carbocycles. The normalized spacial score (nSPS) is 20.8. The van der Waals surface area contributed by atoms with Crippen molar-refractivity contribution in [2.75, 3.05) is 28.2 Å². The van der Waals surface area contributed by atoms with E-state index in [0.717, 1.165) is 6.42 Å². The Morgan fingerprint density at radius 1 is 0.958 bits per heavy atom. The number of fused-ring (bicyclic) bond motifs is 1. The SMILES string of the molecule is CN(C)C1=CCC(/C=C/c2cccc3ccccc23)(N(C)C)C=C1. The van der Waals surface area contributed by atoms with Gasteiger partial charge in [-0.15, -0.1) is 0 Å². The molecule has 1 aliphatic rings. The highest BCUT2D eigenvalue weighted by Gasteiger charge is 2.28. The number of hydrogen-bond donors (Lipinski definition) is 0. The lowest BCUT2D eigenvalue weighted by Gasteiger charge is -2.37. The lowest BCUT2D eigenvalue weighted by atomic mass is 9.87. The minimum atomic E-state index is -0.0730. The molecule has 0 aliphatic heterocycles. The van der Waals surface area contributed by atoms with Crippen LogP contribution in [0.2, 0.25) is 0 Å². The first-order valence-corrected chi connectivity index (χ1v) is 8.43.